The van der Waals surface area contributed by atoms with Gasteiger partial charge < -0.3 is 19.1 Å². The van der Waals surface area contributed by atoms with Crippen LogP contribution in [0.3, 0.4) is 0 Å². The summed E-state index contributed by atoms with van der Waals surface area (Å²) in [6.07, 6.45) is 2.91. The molecule has 30 heavy (non-hydrogen) atoms. The zero-order chi connectivity index (χ0) is 21.7. The fourth-order valence-corrected chi connectivity index (χ4v) is 3.81. The first-order valence-corrected chi connectivity index (χ1v) is 10.2. The Bertz CT molecular complexity index is 926. The van der Waals surface area contributed by atoms with Crippen molar-refractivity contribution < 1.29 is 23.8 Å². The van der Waals surface area contributed by atoms with Gasteiger partial charge in [-0.15, -0.1) is 0 Å². The number of likely N-dealkylation sites (tertiary alicyclic amines) is 1. The zero-order valence-electron chi connectivity index (χ0n) is 17.3. The number of benzene rings is 1. The van der Waals surface area contributed by atoms with Gasteiger partial charge >= 0.3 is 5.97 Å². The molecule has 3 rings (SSSR count). The highest BCUT2D eigenvalue weighted by atomic mass is 35.5. The highest BCUT2D eigenvalue weighted by molar-refractivity contribution is 6.30. The van der Waals surface area contributed by atoms with Crippen LogP contribution in [0.1, 0.15) is 52.1 Å². The van der Waals surface area contributed by atoms with Crippen molar-refractivity contribution in [2.24, 2.45) is 0 Å². The van der Waals surface area contributed by atoms with E-state index in [-0.39, 0.29) is 18.4 Å². The van der Waals surface area contributed by atoms with Crippen LogP contribution in [0.5, 0.6) is 11.5 Å². The fraction of sp³-hybridized carbons (Fsp3) is 0.409. The quantitative estimate of drug-likeness (QED) is 0.643. The van der Waals surface area contributed by atoms with Crippen LogP contribution in [0, 0.1) is 0 Å². The molecule has 2 aromatic rings. The molecule has 0 spiro atoms. The van der Waals surface area contributed by atoms with Crippen LogP contribution < -0.4 is 9.47 Å². The topological polar surface area (TPSA) is 78.0 Å². The molecule has 0 N–H and O–H groups in total. The molecule has 1 fully saturated rings. The highest BCUT2D eigenvalue weighted by Gasteiger charge is 2.29. The number of carbonyl (C=O) groups is 2. The van der Waals surface area contributed by atoms with Crippen molar-refractivity contribution in [3.8, 4) is 11.5 Å². The Kier molecular flexibility index (Phi) is 7.15. The molecule has 1 amide bonds. The summed E-state index contributed by atoms with van der Waals surface area (Å²) in [4.78, 5) is 31.6. The number of esters is 1. The number of rotatable bonds is 6. The van der Waals surface area contributed by atoms with E-state index in [0.717, 1.165) is 0 Å². The summed E-state index contributed by atoms with van der Waals surface area (Å²) in [6, 6.07) is 6.75. The number of ether oxygens (including phenoxy) is 3. The number of amides is 1. The SMILES string of the molecule is CCOC(=O)c1cc(Cl)cnc1C1CCN(C(=O)c2ccc(OC)cc2OC)CC1. The minimum Gasteiger partial charge on any atom is -0.497 e. The Hall–Kier alpha value is -2.80. The third-order valence-electron chi connectivity index (χ3n) is 5.19. The number of methoxy groups -OCH3 is 2. The van der Waals surface area contributed by atoms with Crippen molar-refractivity contribution in [3.63, 3.8) is 0 Å². The number of piperidine rings is 1. The van der Waals surface area contributed by atoms with Crippen molar-refractivity contribution in [1.82, 2.24) is 9.88 Å². The second kappa shape index (κ2) is 9.80. The van der Waals surface area contributed by atoms with Gasteiger partial charge in [0.2, 0.25) is 0 Å². The molecule has 1 aromatic carbocycles. The third-order valence-corrected chi connectivity index (χ3v) is 5.40. The van der Waals surface area contributed by atoms with Gasteiger partial charge in [0.05, 0.1) is 42.7 Å². The maximum atomic E-state index is 13.0. The molecular weight excluding hydrogens is 408 g/mol. The van der Waals surface area contributed by atoms with Crippen LogP contribution in [0.4, 0.5) is 0 Å². The molecule has 0 atom stereocenters. The Morgan fingerprint density at radius 2 is 1.87 bits per heavy atom. The second-order valence-corrected chi connectivity index (χ2v) is 7.38. The molecule has 2 heterocycles. The van der Waals surface area contributed by atoms with Crippen molar-refractivity contribution in [2.45, 2.75) is 25.7 Å². The number of aromatic nitrogens is 1. The molecule has 1 saturated heterocycles. The Balaban J connectivity index is 1.74. The molecule has 0 unspecified atom stereocenters. The largest absolute Gasteiger partial charge is 0.497 e. The lowest BCUT2D eigenvalue weighted by atomic mass is 9.90. The first-order valence-electron chi connectivity index (χ1n) is 9.82. The molecule has 8 heteroatoms. The van der Waals surface area contributed by atoms with E-state index >= 15 is 0 Å². The van der Waals surface area contributed by atoms with Gasteiger partial charge in [-0.25, -0.2) is 4.79 Å². The number of hydrogen-bond acceptors (Lipinski definition) is 6. The zero-order valence-corrected chi connectivity index (χ0v) is 18.1. The lowest BCUT2D eigenvalue weighted by Crippen LogP contribution is -2.38. The van der Waals surface area contributed by atoms with Crippen LogP contribution in [-0.2, 0) is 4.74 Å². The molecule has 1 aliphatic rings. The van der Waals surface area contributed by atoms with E-state index in [9.17, 15) is 9.59 Å². The molecule has 1 aliphatic heterocycles. The van der Waals surface area contributed by atoms with Gasteiger partial charge in [-0.2, -0.15) is 0 Å². The number of halogens is 1. The monoisotopic (exact) mass is 432 g/mol. The van der Waals surface area contributed by atoms with Gasteiger partial charge in [-0.1, -0.05) is 11.6 Å². The van der Waals surface area contributed by atoms with E-state index in [0.29, 0.717) is 59.3 Å². The number of nitrogens with zero attached hydrogens (tertiary/aromatic N) is 2. The van der Waals surface area contributed by atoms with E-state index in [1.54, 1.807) is 49.4 Å². The molecule has 0 saturated carbocycles. The smallest absolute Gasteiger partial charge is 0.340 e. The first-order chi connectivity index (χ1) is 14.5. The molecule has 160 valence electrons. The van der Waals surface area contributed by atoms with Gasteiger partial charge in [0.25, 0.3) is 5.91 Å². The van der Waals surface area contributed by atoms with Crippen molar-refractivity contribution in [3.05, 3.63) is 52.3 Å². The summed E-state index contributed by atoms with van der Waals surface area (Å²) in [5.41, 5.74) is 1.56. The molecule has 0 radical (unpaired) electrons. The Labute approximate surface area is 180 Å². The van der Waals surface area contributed by atoms with Crippen molar-refractivity contribution in [1.29, 1.82) is 0 Å². The van der Waals surface area contributed by atoms with Gasteiger partial charge in [0.1, 0.15) is 11.5 Å². The fourth-order valence-electron chi connectivity index (χ4n) is 3.65. The summed E-state index contributed by atoms with van der Waals surface area (Å²) in [7, 11) is 3.09. The van der Waals surface area contributed by atoms with Crippen LogP contribution in [0.2, 0.25) is 5.02 Å². The first kappa shape index (κ1) is 21.9. The molecular formula is C22H25ClN2O5. The number of pyridine rings is 1. The summed E-state index contributed by atoms with van der Waals surface area (Å²) in [5.74, 6) is 0.628. The third kappa shape index (κ3) is 4.67. The lowest BCUT2D eigenvalue weighted by Gasteiger charge is -2.32. The number of carbonyl (C=O) groups excluding carboxylic acids is 2. The second-order valence-electron chi connectivity index (χ2n) is 6.94. The van der Waals surface area contributed by atoms with Gasteiger partial charge in [0.15, 0.2) is 0 Å². The van der Waals surface area contributed by atoms with Gasteiger partial charge in [-0.05, 0) is 38.0 Å². The minimum atomic E-state index is -0.427. The number of hydrogen-bond donors (Lipinski definition) is 0. The maximum absolute atomic E-state index is 13.0. The highest BCUT2D eigenvalue weighted by Crippen LogP contribution is 2.32. The molecule has 0 bridgehead atoms. The predicted molar refractivity (Wildman–Crippen MR) is 113 cm³/mol. The minimum absolute atomic E-state index is 0.0449. The van der Waals surface area contributed by atoms with E-state index in [1.807, 2.05) is 0 Å². The van der Waals surface area contributed by atoms with E-state index in [4.69, 9.17) is 25.8 Å². The van der Waals surface area contributed by atoms with E-state index in [2.05, 4.69) is 4.98 Å². The molecule has 0 aliphatic carbocycles. The van der Waals surface area contributed by atoms with Gasteiger partial charge in [0, 0.05) is 31.3 Å². The standard InChI is InChI=1S/C22H25ClN2O5/c1-4-30-22(27)18-11-15(23)13-24-20(18)14-7-9-25(10-8-14)21(26)17-6-5-16(28-2)12-19(17)29-3/h5-6,11-14H,4,7-10H2,1-3H3. The van der Waals surface area contributed by atoms with Gasteiger partial charge in [-0.3, -0.25) is 9.78 Å². The van der Waals surface area contributed by atoms with Crippen LogP contribution in [0.15, 0.2) is 30.5 Å². The molecule has 1 aromatic heterocycles. The van der Waals surface area contributed by atoms with Crippen molar-refractivity contribution >= 4 is 23.5 Å². The lowest BCUT2D eigenvalue weighted by molar-refractivity contribution is 0.0520. The predicted octanol–water partition coefficient (Wildman–Crippen LogP) is 3.95. The average Bonchev–Trinajstić information content (AvgIpc) is 2.78. The summed E-state index contributed by atoms with van der Waals surface area (Å²) in [6.45, 7) is 3.13. The normalized spacial score (nSPS) is 14.3. The summed E-state index contributed by atoms with van der Waals surface area (Å²) in [5, 5.41) is 0.390. The Morgan fingerprint density at radius 3 is 2.50 bits per heavy atom. The van der Waals surface area contributed by atoms with E-state index < -0.39 is 5.97 Å². The summed E-state index contributed by atoms with van der Waals surface area (Å²) < 4.78 is 15.7. The van der Waals surface area contributed by atoms with Crippen LogP contribution in [0.25, 0.3) is 0 Å². The van der Waals surface area contributed by atoms with E-state index in [1.165, 1.54) is 7.11 Å². The van der Waals surface area contributed by atoms with Crippen molar-refractivity contribution in [2.75, 3.05) is 33.9 Å². The molecule has 7 nitrogen and oxygen atoms in total. The van der Waals surface area contributed by atoms with Crippen LogP contribution in [-0.4, -0.2) is 55.7 Å². The summed E-state index contributed by atoms with van der Waals surface area (Å²) >= 11 is 6.04. The maximum Gasteiger partial charge on any atom is 0.340 e. The average molecular weight is 433 g/mol. The van der Waals surface area contributed by atoms with Crippen LogP contribution >= 0.6 is 11.6 Å². The Morgan fingerprint density at radius 1 is 1.13 bits per heavy atom.